The van der Waals surface area contributed by atoms with Crippen LogP contribution >= 0.6 is 0 Å². The smallest absolute Gasteiger partial charge is 0.337 e. The molecule has 1 aliphatic heterocycles. The number of esters is 1. The van der Waals surface area contributed by atoms with Crippen LogP contribution in [0.5, 0.6) is 0 Å². The number of anilines is 2. The molecule has 0 aliphatic carbocycles. The molecule has 3 rings (SSSR count). The highest BCUT2D eigenvalue weighted by Gasteiger charge is 2.20. The molecule has 0 atom stereocenters. The minimum atomic E-state index is -0.425. The van der Waals surface area contributed by atoms with Gasteiger partial charge in [-0.25, -0.2) is 4.79 Å². The van der Waals surface area contributed by atoms with Crippen LogP contribution < -0.4 is 10.2 Å². The van der Waals surface area contributed by atoms with Gasteiger partial charge in [-0.05, 0) is 44.3 Å². The Bertz CT molecular complexity index is 842. The Balaban J connectivity index is 1.92. The Labute approximate surface area is 159 Å². The number of hydrogen-bond acceptors (Lipinski definition) is 5. The Morgan fingerprint density at radius 3 is 2.41 bits per heavy atom. The second-order valence-electron chi connectivity index (χ2n) is 6.84. The standard InChI is InChI=1S/C21H25N3O3/c1-15-5-4-6-16(13-15)20(25)22-18-14-17(21(26)27-3)7-8-19(18)24-11-9-23(2)10-12-24/h4-8,13-14H,9-12H2,1-3H3,(H,22,25). The Morgan fingerprint density at radius 2 is 1.74 bits per heavy atom. The van der Waals surface area contributed by atoms with E-state index in [1.54, 1.807) is 18.2 Å². The molecule has 0 spiro atoms. The van der Waals surface area contributed by atoms with E-state index >= 15 is 0 Å². The fraction of sp³-hybridized carbons (Fsp3) is 0.333. The summed E-state index contributed by atoms with van der Waals surface area (Å²) in [5.74, 6) is -0.623. The highest BCUT2D eigenvalue weighted by Crippen LogP contribution is 2.29. The lowest BCUT2D eigenvalue weighted by Gasteiger charge is -2.35. The van der Waals surface area contributed by atoms with Crippen molar-refractivity contribution in [1.29, 1.82) is 0 Å². The molecule has 6 heteroatoms. The van der Waals surface area contributed by atoms with Gasteiger partial charge in [0.1, 0.15) is 0 Å². The van der Waals surface area contributed by atoms with Crippen LogP contribution in [0, 0.1) is 6.92 Å². The molecule has 0 radical (unpaired) electrons. The molecule has 142 valence electrons. The summed E-state index contributed by atoms with van der Waals surface area (Å²) >= 11 is 0. The Morgan fingerprint density at radius 1 is 1.00 bits per heavy atom. The van der Waals surface area contributed by atoms with Crippen LogP contribution in [0.3, 0.4) is 0 Å². The number of hydrogen-bond donors (Lipinski definition) is 1. The van der Waals surface area contributed by atoms with Crippen molar-refractivity contribution >= 4 is 23.3 Å². The number of nitrogens with one attached hydrogen (secondary N) is 1. The highest BCUT2D eigenvalue weighted by molar-refractivity contribution is 6.07. The summed E-state index contributed by atoms with van der Waals surface area (Å²) in [5.41, 5.74) is 3.55. The first-order valence-electron chi connectivity index (χ1n) is 9.02. The molecule has 0 unspecified atom stereocenters. The third kappa shape index (κ3) is 4.46. The van der Waals surface area contributed by atoms with Gasteiger partial charge in [-0.2, -0.15) is 0 Å². The molecule has 1 fully saturated rings. The van der Waals surface area contributed by atoms with Gasteiger partial charge in [0.25, 0.3) is 5.91 Å². The third-order valence-corrected chi connectivity index (χ3v) is 4.79. The van der Waals surface area contributed by atoms with Gasteiger partial charge in [0.05, 0.1) is 24.0 Å². The molecule has 6 nitrogen and oxygen atoms in total. The number of methoxy groups -OCH3 is 1. The first kappa shape index (κ1) is 18.9. The van der Waals surface area contributed by atoms with Crippen LogP contribution in [0.4, 0.5) is 11.4 Å². The molecule has 2 aromatic carbocycles. The molecular formula is C21H25N3O3. The number of likely N-dealkylation sites (N-methyl/N-ethyl adjacent to an activating group) is 1. The van der Waals surface area contributed by atoms with E-state index in [0.29, 0.717) is 16.8 Å². The van der Waals surface area contributed by atoms with Crippen molar-refractivity contribution in [2.45, 2.75) is 6.92 Å². The van der Waals surface area contributed by atoms with Gasteiger partial charge in [-0.3, -0.25) is 4.79 Å². The maximum absolute atomic E-state index is 12.8. The van der Waals surface area contributed by atoms with Crippen LogP contribution in [0.25, 0.3) is 0 Å². The summed E-state index contributed by atoms with van der Waals surface area (Å²) in [5, 5.41) is 2.98. The van der Waals surface area contributed by atoms with E-state index in [4.69, 9.17) is 4.74 Å². The quantitative estimate of drug-likeness (QED) is 0.842. The molecule has 27 heavy (non-hydrogen) atoms. The summed E-state index contributed by atoms with van der Waals surface area (Å²) in [4.78, 5) is 29.2. The number of ether oxygens (including phenoxy) is 1. The van der Waals surface area contributed by atoms with Gasteiger partial charge in [0.2, 0.25) is 0 Å². The molecule has 1 saturated heterocycles. The zero-order valence-electron chi connectivity index (χ0n) is 16.0. The number of amides is 1. The number of aryl methyl sites for hydroxylation is 1. The van der Waals surface area contributed by atoms with Crippen molar-refractivity contribution in [3.8, 4) is 0 Å². The molecule has 1 amide bonds. The van der Waals surface area contributed by atoms with Gasteiger partial charge in [0, 0.05) is 31.7 Å². The van der Waals surface area contributed by atoms with E-state index in [9.17, 15) is 9.59 Å². The van der Waals surface area contributed by atoms with Crippen LogP contribution in [-0.4, -0.2) is 57.1 Å². The maximum Gasteiger partial charge on any atom is 0.337 e. The number of carbonyl (C=O) groups is 2. The molecule has 0 bridgehead atoms. The van der Waals surface area contributed by atoms with E-state index in [1.807, 2.05) is 31.2 Å². The van der Waals surface area contributed by atoms with Crippen molar-refractivity contribution in [2.24, 2.45) is 0 Å². The van der Waals surface area contributed by atoms with Crippen molar-refractivity contribution in [2.75, 3.05) is 50.6 Å². The second-order valence-corrected chi connectivity index (χ2v) is 6.84. The predicted octanol–water partition coefficient (Wildman–Crippen LogP) is 2.79. The lowest BCUT2D eigenvalue weighted by atomic mass is 10.1. The molecular weight excluding hydrogens is 342 g/mol. The Kier molecular flexibility index (Phi) is 5.76. The molecule has 2 aromatic rings. The normalized spacial score (nSPS) is 14.7. The van der Waals surface area contributed by atoms with Crippen molar-refractivity contribution in [3.63, 3.8) is 0 Å². The van der Waals surface area contributed by atoms with Gasteiger partial charge in [-0.15, -0.1) is 0 Å². The van der Waals surface area contributed by atoms with Crippen LogP contribution in [-0.2, 0) is 4.74 Å². The van der Waals surface area contributed by atoms with E-state index in [1.165, 1.54) is 7.11 Å². The first-order valence-corrected chi connectivity index (χ1v) is 9.02. The fourth-order valence-electron chi connectivity index (χ4n) is 3.18. The second kappa shape index (κ2) is 8.22. The molecule has 1 heterocycles. The number of carbonyl (C=O) groups excluding carboxylic acids is 2. The first-order chi connectivity index (χ1) is 13.0. The van der Waals surface area contributed by atoms with Gasteiger partial charge in [-0.1, -0.05) is 17.7 Å². The van der Waals surface area contributed by atoms with Crippen molar-refractivity contribution in [1.82, 2.24) is 4.90 Å². The third-order valence-electron chi connectivity index (χ3n) is 4.79. The van der Waals surface area contributed by atoms with Gasteiger partial charge >= 0.3 is 5.97 Å². The van der Waals surface area contributed by atoms with E-state index in [-0.39, 0.29) is 5.91 Å². The van der Waals surface area contributed by atoms with Crippen LogP contribution in [0.15, 0.2) is 42.5 Å². The lowest BCUT2D eigenvalue weighted by molar-refractivity contribution is 0.0600. The lowest BCUT2D eigenvalue weighted by Crippen LogP contribution is -2.44. The van der Waals surface area contributed by atoms with Crippen LogP contribution in [0.2, 0.25) is 0 Å². The Hall–Kier alpha value is -2.86. The highest BCUT2D eigenvalue weighted by atomic mass is 16.5. The minimum absolute atomic E-state index is 0.198. The van der Waals surface area contributed by atoms with E-state index in [0.717, 1.165) is 37.4 Å². The largest absolute Gasteiger partial charge is 0.465 e. The molecule has 0 saturated carbocycles. The van der Waals surface area contributed by atoms with E-state index in [2.05, 4.69) is 22.2 Å². The van der Waals surface area contributed by atoms with E-state index < -0.39 is 5.97 Å². The van der Waals surface area contributed by atoms with Crippen molar-refractivity contribution < 1.29 is 14.3 Å². The number of nitrogens with zero attached hydrogens (tertiary/aromatic N) is 2. The number of benzene rings is 2. The van der Waals surface area contributed by atoms with Crippen molar-refractivity contribution in [3.05, 3.63) is 59.2 Å². The van der Waals surface area contributed by atoms with Gasteiger partial charge < -0.3 is 19.9 Å². The zero-order chi connectivity index (χ0) is 19.4. The average Bonchev–Trinajstić information content (AvgIpc) is 2.68. The summed E-state index contributed by atoms with van der Waals surface area (Å²) < 4.78 is 4.82. The van der Waals surface area contributed by atoms with Gasteiger partial charge in [0.15, 0.2) is 0 Å². The fourth-order valence-corrected chi connectivity index (χ4v) is 3.18. The number of piperazine rings is 1. The molecule has 0 aromatic heterocycles. The van der Waals surface area contributed by atoms with Crippen LogP contribution in [0.1, 0.15) is 26.3 Å². The minimum Gasteiger partial charge on any atom is -0.465 e. The SMILES string of the molecule is COC(=O)c1ccc(N2CCN(C)CC2)c(NC(=O)c2cccc(C)c2)c1. The average molecular weight is 367 g/mol. The maximum atomic E-state index is 12.8. The zero-order valence-corrected chi connectivity index (χ0v) is 16.0. The summed E-state index contributed by atoms with van der Waals surface area (Å²) in [6.45, 7) is 5.57. The molecule has 1 N–H and O–H groups in total. The number of rotatable bonds is 4. The summed E-state index contributed by atoms with van der Waals surface area (Å²) in [7, 11) is 3.44. The predicted molar refractivity (Wildman–Crippen MR) is 107 cm³/mol. The summed E-state index contributed by atoms with van der Waals surface area (Å²) in [6, 6.07) is 12.7. The molecule has 1 aliphatic rings. The monoisotopic (exact) mass is 367 g/mol. The summed E-state index contributed by atoms with van der Waals surface area (Å²) in [6.07, 6.45) is 0. The topological polar surface area (TPSA) is 61.9 Å².